The molecule has 0 aliphatic carbocycles. The van der Waals surface area contributed by atoms with Crippen molar-refractivity contribution in [2.45, 2.75) is 13.0 Å². The number of nitrogens with two attached hydrogens (primary N) is 1. The van der Waals surface area contributed by atoms with Gasteiger partial charge in [-0.05, 0) is 36.8 Å². The molecule has 2 amide bonds. The van der Waals surface area contributed by atoms with E-state index < -0.39 is 30.3 Å². The van der Waals surface area contributed by atoms with Crippen LogP contribution in [0.2, 0.25) is 10.0 Å². The molecule has 1 atom stereocenters. The molecule has 0 unspecified atom stereocenters. The van der Waals surface area contributed by atoms with Gasteiger partial charge in [-0.2, -0.15) is 0 Å². The van der Waals surface area contributed by atoms with Gasteiger partial charge in [-0.15, -0.1) is 0 Å². The predicted molar refractivity (Wildman–Crippen MR) is 107 cm³/mol. The minimum atomic E-state index is -0.683. The molecular formula is C19H19Cl2FN2O5. The van der Waals surface area contributed by atoms with Crippen molar-refractivity contribution >= 4 is 35.0 Å². The van der Waals surface area contributed by atoms with Crippen molar-refractivity contribution in [1.29, 1.82) is 0 Å². The van der Waals surface area contributed by atoms with E-state index in [4.69, 9.17) is 43.1 Å². The Balaban J connectivity index is 2.30. The molecular weight excluding hydrogens is 426 g/mol. The van der Waals surface area contributed by atoms with Crippen LogP contribution in [0.4, 0.5) is 4.39 Å². The molecule has 0 bridgehead atoms. The Bertz CT molecular complexity index is 914. The molecule has 156 valence electrons. The Morgan fingerprint density at radius 1 is 1.10 bits per heavy atom. The number of halogens is 3. The van der Waals surface area contributed by atoms with Crippen molar-refractivity contribution in [3.05, 3.63) is 51.3 Å². The van der Waals surface area contributed by atoms with Gasteiger partial charge >= 0.3 is 0 Å². The summed E-state index contributed by atoms with van der Waals surface area (Å²) in [6.07, 6.45) is 0. The van der Waals surface area contributed by atoms with Gasteiger partial charge in [0.1, 0.15) is 5.82 Å². The van der Waals surface area contributed by atoms with Crippen LogP contribution in [0.1, 0.15) is 28.9 Å². The highest BCUT2D eigenvalue weighted by Gasteiger charge is 2.21. The van der Waals surface area contributed by atoms with E-state index in [1.54, 1.807) is 6.92 Å². The normalized spacial score (nSPS) is 11.5. The molecule has 0 fully saturated rings. The smallest absolute Gasteiger partial charge is 0.255 e. The maximum atomic E-state index is 13.8. The van der Waals surface area contributed by atoms with E-state index in [1.807, 2.05) is 0 Å². The number of ether oxygens (including phenoxy) is 3. The highest BCUT2D eigenvalue weighted by molar-refractivity contribution is 6.35. The van der Waals surface area contributed by atoms with E-state index in [1.165, 1.54) is 32.4 Å². The van der Waals surface area contributed by atoms with Gasteiger partial charge in [-0.25, -0.2) is 4.39 Å². The fourth-order valence-corrected chi connectivity index (χ4v) is 3.07. The fourth-order valence-electron chi connectivity index (χ4n) is 2.52. The summed E-state index contributed by atoms with van der Waals surface area (Å²) < 4.78 is 29.5. The summed E-state index contributed by atoms with van der Waals surface area (Å²) in [6.45, 7) is 1.25. The van der Waals surface area contributed by atoms with Crippen molar-refractivity contribution < 1.29 is 28.2 Å². The van der Waals surface area contributed by atoms with Crippen LogP contribution in [-0.2, 0) is 4.79 Å². The quantitative estimate of drug-likeness (QED) is 0.606. The Labute approximate surface area is 176 Å². The van der Waals surface area contributed by atoms with E-state index in [-0.39, 0.29) is 32.9 Å². The van der Waals surface area contributed by atoms with Crippen LogP contribution in [-0.4, -0.2) is 32.6 Å². The van der Waals surface area contributed by atoms with Gasteiger partial charge in [0.15, 0.2) is 18.1 Å². The molecule has 0 heterocycles. The van der Waals surface area contributed by atoms with Gasteiger partial charge in [0.2, 0.25) is 5.75 Å². The largest absolute Gasteiger partial charge is 0.493 e. The van der Waals surface area contributed by atoms with Gasteiger partial charge < -0.3 is 25.3 Å². The van der Waals surface area contributed by atoms with Crippen LogP contribution in [0, 0.1) is 5.82 Å². The number of primary amides is 1. The van der Waals surface area contributed by atoms with Crippen LogP contribution < -0.4 is 25.3 Å². The lowest BCUT2D eigenvalue weighted by Crippen LogP contribution is -2.27. The Kier molecular flexibility index (Phi) is 7.53. The maximum absolute atomic E-state index is 13.8. The molecule has 0 aliphatic rings. The van der Waals surface area contributed by atoms with Gasteiger partial charge in [0.25, 0.3) is 11.8 Å². The summed E-state index contributed by atoms with van der Waals surface area (Å²) >= 11 is 11.8. The summed E-state index contributed by atoms with van der Waals surface area (Å²) in [7, 11) is 2.74. The lowest BCUT2D eigenvalue weighted by molar-refractivity contribution is -0.120. The first-order chi connectivity index (χ1) is 13.7. The average molecular weight is 445 g/mol. The molecule has 0 aliphatic heterocycles. The second-order valence-electron chi connectivity index (χ2n) is 5.95. The van der Waals surface area contributed by atoms with Crippen molar-refractivity contribution in [3.8, 4) is 17.2 Å². The van der Waals surface area contributed by atoms with E-state index in [2.05, 4.69) is 5.32 Å². The number of nitrogens with one attached hydrogen (secondary N) is 1. The summed E-state index contributed by atoms with van der Waals surface area (Å²) in [5.41, 5.74) is 5.63. The third kappa shape index (κ3) is 5.42. The van der Waals surface area contributed by atoms with Crippen molar-refractivity contribution in [3.63, 3.8) is 0 Å². The van der Waals surface area contributed by atoms with Crippen molar-refractivity contribution in [1.82, 2.24) is 5.32 Å². The highest BCUT2D eigenvalue weighted by atomic mass is 35.5. The molecule has 0 saturated heterocycles. The Hall–Kier alpha value is -2.71. The van der Waals surface area contributed by atoms with Crippen molar-refractivity contribution in [2.75, 3.05) is 20.8 Å². The fraction of sp³-hybridized carbons (Fsp3) is 0.263. The average Bonchev–Trinajstić information content (AvgIpc) is 2.67. The molecule has 3 N–H and O–H groups in total. The summed E-state index contributed by atoms with van der Waals surface area (Å²) in [6, 6.07) is 4.63. The summed E-state index contributed by atoms with van der Waals surface area (Å²) in [4.78, 5) is 23.7. The third-order valence-electron chi connectivity index (χ3n) is 3.94. The van der Waals surface area contributed by atoms with Crippen LogP contribution >= 0.6 is 23.2 Å². The van der Waals surface area contributed by atoms with E-state index in [9.17, 15) is 14.0 Å². The molecule has 0 saturated carbocycles. The number of methoxy groups -OCH3 is 2. The molecule has 2 rings (SSSR count). The number of carbonyl (C=O) groups is 2. The topological polar surface area (TPSA) is 99.9 Å². The predicted octanol–water partition coefficient (Wildman–Crippen LogP) is 3.50. The number of amides is 2. The zero-order valence-corrected chi connectivity index (χ0v) is 17.4. The third-order valence-corrected chi connectivity index (χ3v) is 4.55. The maximum Gasteiger partial charge on any atom is 0.255 e. The van der Waals surface area contributed by atoms with E-state index in [0.717, 1.165) is 6.07 Å². The van der Waals surface area contributed by atoms with E-state index >= 15 is 0 Å². The summed E-state index contributed by atoms with van der Waals surface area (Å²) in [5.74, 6) is -1.37. The van der Waals surface area contributed by atoms with Crippen molar-refractivity contribution in [2.24, 2.45) is 5.73 Å². The summed E-state index contributed by atoms with van der Waals surface area (Å²) in [5, 5.41) is 2.82. The lowest BCUT2D eigenvalue weighted by Gasteiger charge is -2.18. The minimum absolute atomic E-state index is 0.113. The first kappa shape index (κ1) is 22.6. The van der Waals surface area contributed by atoms with Gasteiger partial charge in [-0.1, -0.05) is 23.2 Å². The number of hydrogen-bond acceptors (Lipinski definition) is 5. The zero-order chi connectivity index (χ0) is 21.7. The molecule has 0 radical (unpaired) electrons. The zero-order valence-electron chi connectivity index (χ0n) is 15.8. The monoisotopic (exact) mass is 444 g/mol. The SMILES string of the molecule is COc1cc(C(=O)N[C@@H](C)c2cc(F)c(Cl)cc2Cl)cc(OC)c1OCC(N)=O. The standard InChI is InChI=1S/C19H19Cl2FN2O5/c1-9(11-6-14(22)13(21)7-12(11)20)24-19(26)10-4-15(27-2)18(16(5-10)28-3)29-8-17(23)25/h4-7,9H,8H2,1-3H3,(H2,23,25)(H,24,26)/t9-/m0/s1. The van der Waals surface area contributed by atoms with E-state index in [0.29, 0.717) is 5.56 Å². The second kappa shape index (κ2) is 9.67. The minimum Gasteiger partial charge on any atom is -0.493 e. The lowest BCUT2D eigenvalue weighted by atomic mass is 10.1. The number of hydrogen-bond donors (Lipinski definition) is 2. The van der Waals surface area contributed by atoms with Crippen LogP contribution in [0.5, 0.6) is 17.2 Å². The highest BCUT2D eigenvalue weighted by Crippen LogP contribution is 2.38. The first-order valence-corrected chi connectivity index (χ1v) is 9.05. The van der Waals surface area contributed by atoms with Crippen LogP contribution in [0.25, 0.3) is 0 Å². The molecule has 0 aromatic heterocycles. The number of carbonyl (C=O) groups excluding carboxylic acids is 2. The molecule has 7 nitrogen and oxygen atoms in total. The second-order valence-corrected chi connectivity index (χ2v) is 6.76. The first-order valence-electron chi connectivity index (χ1n) is 8.30. The van der Waals surface area contributed by atoms with Crippen LogP contribution in [0.3, 0.4) is 0 Å². The van der Waals surface area contributed by atoms with Gasteiger partial charge in [-0.3, -0.25) is 9.59 Å². The Morgan fingerprint density at radius 3 is 2.21 bits per heavy atom. The Morgan fingerprint density at radius 2 is 1.69 bits per heavy atom. The van der Waals surface area contributed by atoms with Gasteiger partial charge in [0.05, 0.1) is 25.3 Å². The molecule has 2 aromatic carbocycles. The number of benzene rings is 2. The molecule has 2 aromatic rings. The molecule has 10 heteroatoms. The van der Waals surface area contributed by atoms with Crippen LogP contribution in [0.15, 0.2) is 24.3 Å². The van der Waals surface area contributed by atoms with Gasteiger partial charge in [0, 0.05) is 10.6 Å². The molecule has 0 spiro atoms. The number of rotatable bonds is 8. The molecule has 29 heavy (non-hydrogen) atoms.